The summed E-state index contributed by atoms with van der Waals surface area (Å²) in [6.45, 7) is 6.06. The summed E-state index contributed by atoms with van der Waals surface area (Å²) >= 11 is 0. The summed E-state index contributed by atoms with van der Waals surface area (Å²) in [5.41, 5.74) is 0.854. The van der Waals surface area contributed by atoms with Crippen molar-refractivity contribution in [3.8, 4) is 0 Å². The Bertz CT molecular complexity index is 525. The van der Waals surface area contributed by atoms with Gasteiger partial charge in [-0.2, -0.15) is 0 Å². The Balaban J connectivity index is 1.93. The van der Waals surface area contributed by atoms with Gasteiger partial charge in [0.15, 0.2) is 0 Å². The Morgan fingerprint density at radius 1 is 1.43 bits per heavy atom. The van der Waals surface area contributed by atoms with E-state index in [1.165, 1.54) is 12.1 Å². The molecule has 114 valence electrons. The van der Waals surface area contributed by atoms with Crippen LogP contribution in [0.3, 0.4) is 0 Å². The molecule has 6 heteroatoms. The number of carbonyl (C=O) groups excluding carboxylic acids is 1. The molecule has 2 N–H and O–H groups in total. The van der Waals surface area contributed by atoms with Crippen LogP contribution in [-0.2, 0) is 11.2 Å². The molecule has 1 heterocycles. The van der Waals surface area contributed by atoms with Gasteiger partial charge in [0.05, 0.1) is 11.3 Å². The lowest BCUT2D eigenvalue weighted by molar-refractivity contribution is -0.384. The van der Waals surface area contributed by atoms with Crippen molar-refractivity contribution in [2.24, 2.45) is 5.41 Å². The SMILES string of the molecule is CC1(C)CNCCC1NC(=O)Cc1ccc([N+](=O)[O-])cc1. The van der Waals surface area contributed by atoms with Crippen LogP contribution in [0.5, 0.6) is 0 Å². The van der Waals surface area contributed by atoms with Gasteiger partial charge in [-0.3, -0.25) is 14.9 Å². The van der Waals surface area contributed by atoms with E-state index in [2.05, 4.69) is 24.5 Å². The van der Waals surface area contributed by atoms with E-state index in [1.54, 1.807) is 12.1 Å². The van der Waals surface area contributed by atoms with E-state index in [0.717, 1.165) is 25.1 Å². The fourth-order valence-electron chi connectivity index (χ4n) is 2.60. The number of hydrogen-bond acceptors (Lipinski definition) is 4. The predicted molar refractivity (Wildman–Crippen MR) is 80.0 cm³/mol. The number of piperidine rings is 1. The van der Waals surface area contributed by atoms with Crippen molar-refractivity contribution in [1.29, 1.82) is 0 Å². The third-order valence-electron chi connectivity index (χ3n) is 3.98. The highest BCUT2D eigenvalue weighted by molar-refractivity contribution is 5.79. The van der Waals surface area contributed by atoms with Crippen LogP contribution in [-0.4, -0.2) is 30.0 Å². The topological polar surface area (TPSA) is 84.3 Å². The summed E-state index contributed by atoms with van der Waals surface area (Å²) in [6.07, 6.45) is 1.16. The zero-order chi connectivity index (χ0) is 15.5. The number of nitro benzene ring substituents is 1. The molecule has 0 bridgehead atoms. The van der Waals surface area contributed by atoms with Crippen molar-refractivity contribution >= 4 is 11.6 Å². The molecule has 0 spiro atoms. The van der Waals surface area contributed by atoms with Gasteiger partial charge in [-0.05, 0) is 23.9 Å². The van der Waals surface area contributed by atoms with E-state index < -0.39 is 4.92 Å². The molecule has 1 aliphatic rings. The zero-order valence-electron chi connectivity index (χ0n) is 12.4. The zero-order valence-corrected chi connectivity index (χ0v) is 12.4. The Kier molecular flexibility index (Phi) is 4.57. The summed E-state index contributed by atoms with van der Waals surface area (Å²) in [4.78, 5) is 22.3. The first-order valence-corrected chi connectivity index (χ1v) is 7.12. The number of nitrogens with zero attached hydrogens (tertiary/aromatic N) is 1. The number of benzene rings is 1. The maximum Gasteiger partial charge on any atom is 0.269 e. The maximum absolute atomic E-state index is 12.1. The lowest BCUT2D eigenvalue weighted by Crippen LogP contribution is -2.54. The number of amides is 1. The molecule has 1 fully saturated rings. The Labute approximate surface area is 124 Å². The molecular weight excluding hydrogens is 270 g/mol. The van der Waals surface area contributed by atoms with Crippen molar-refractivity contribution in [3.63, 3.8) is 0 Å². The minimum Gasteiger partial charge on any atom is -0.352 e. The van der Waals surface area contributed by atoms with Gasteiger partial charge in [-0.15, -0.1) is 0 Å². The van der Waals surface area contributed by atoms with Crippen LogP contribution >= 0.6 is 0 Å². The van der Waals surface area contributed by atoms with Crippen molar-refractivity contribution in [2.45, 2.75) is 32.7 Å². The van der Waals surface area contributed by atoms with Crippen molar-refractivity contribution in [1.82, 2.24) is 10.6 Å². The molecule has 1 aliphatic heterocycles. The molecule has 0 aliphatic carbocycles. The summed E-state index contributed by atoms with van der Waals surface area (Å²) in [7, 11) is 0. The monoisotopic (exact) mass is 291 g/mol. The number of rotatable bonds is 4. The lowest BCUT2D eigenvalue weighted by Gasteiger charge is -2.39. The summed E-state index contributed by atoms with van der Waals surface area (Å²) in [5, 5.41) is 17.0. The number of hydrogen-bond donors (Lipinski definition) is 2. The number of carbonyl (C=O) groups is 1. The molecule has 1 atom stereocenters. The van der Waals surface area contributed by atoms with Gasteiger partial charge in [0, 0.05) is 24.7 Å². The fraction of sp³-hybridized carbons (Fsp3) is 0.533. The molecule has 1 aromatic rings. The van der Waals surface area contributed by atoms with E-state index in [1.807, 2.05) is 0 Å². The van der Waals surface area contributed by atoms with Crippen LogP contribution in [0.4, 0.5) is 5.69 Å². The number of non-ortho nitro benzene ring substituents is 1. The minimum atomic E-state index is -0.443. The van der Waals surface area contributed by atoms with Crippen LogP contribution in [0.1, 0.15) is 25.8 Å². The second-order valence-electron chi connectivity index (χ2n) is 6.17. The normalized spacial score (nSPS) is 20.8. The van der Waals surface area contributed by atoms with Gasteiger partial charge in [0.25, 0.3) is 5.69 Å². The molecule has 6 nitrogen and oxygen atoms in total. The smallest absolute Gasteiger partial charge is 0.269 e. The molecule has 1 aromatic carbocycles. The minimum absolute atomic E-state index is 0.0311. The summed E-state index contributed by atoms with van der Waals surface area (Å²) in [5.74, 6) is -0.0381. The molecule has 1 amide bonds. The molecule has 1 saturated heterocycles. The lowest BCUT2D eigenvalue weighted by atomic mass is 9.80. The first-order valence-electron chi connectivity index (χ1n) is 7.12. The van der Waals surface area contributed by atoms with Crippen LogP contribution in [0.15, 0.2) is 24.3 Å². The van der Waals surface area contributed by atoms with Crippen molar-refractivity contribution in [2.75, 3.05) is 13.1 Å². The largest absolute Gasteiger partial charge is 0.352 e. The predicted octanol–water partition coefficient (Wildman–Crippen LogP) is 1.64. The van der Waals surface area contributed by atoms with E-state index in [4.69, 9.17) is 0 Å². The van der Waals surface area contributed by atoms with Gasteiger partial charge in [-0.25, -0.2) is 0 Å². The highest BCUT2D eigenvalue weighted by Crippen LogP contribution is 2.25. The molecule has 1 unspecified atom stereocenters. The van der Waals surface area contributed by atoms with Gasteiger partial charge in [-0.1, -0.05) is 26.0 Å². The van der Waals surface area contributed by atoms with Crippen LogP contribution in [0.2, 0.25) is 0 Å². The van der Waals surface area contributed by atoms with Crippen LogP contribution in [0, 0.1) is 15.5 Å². The van der Waals surface area contributed by atoms with Gasteiger partial charge in [0.1, 0.15) is 0 Å². The van der Waals surface area contributed by atoms with Crippen LogP contribution < -0.4 is 10.6 Å². The summed E-state index contributed by atoms with van der Waals surface area (Å²) < 4.78 is 0. The molecule has 0 aromatic heterocycles. The number of nitro groups is 1. The van der Waals surface area contributed by atoms with Crippen LogP contribution in [0.25, 0.3) is 0 Å². The van der Waals surface area contributed by atoms with E-state index in [-0.39, 0.29) is 29.5 Å². The van der Waals surface area contributed by atoms with Gasteiger partial charge < -0.3 is 10.6 Å². The van der Waals surface area contributed by atoms with Gasteiger partial charge in [0.2, 0.25) is 5.91 Å². The van der Waals surface area contributed by atoms with Crippen molar-refractivity contribution in [3.05, 3.63) is 39.9 Å². The van der Waals surface area contributed by atoms with E-state index in [9.17, 15) is 14.9 Å². The van der Waals surface area contributed by atoms with Gasteiger partial charge >= 0.3 is 0 Å². The third kappa shape index (κ3) is 4.01. The fourth-order valence-corrected chi connectivity index (χ4v) is 2.60. The maximum atomic E-state index is 12.1. The second kappa shape index (κ2) is 6.22. The second-order valence-corrected chi connectivity index (χ2v) is 6.17. The number of nitrogens with one attached hydrogen (secondary N) is 2. The molecule has 0 radical (unpaired) electrons. The standard InChI is InChI=1S/C15H21N3O3/c1-15(2)10-16-8-7-13(15)17-14(19)9-11-3-5-12(6-4-11)18(20)21/h3-6,13,16H,7-10H2,1-2H3,(H,17,19). The Morgan fingerprint density at radius 2 is 2.10 bits per heavy atom. The Hall–Kier alpha value is -1.95. The van der Waals surface area contributed by atoms with E-state index >= 15 is 0 Å². The Morgan fingerprint density at radius 3 is 2.67 bits per heavy atom. The highest BCUT2D eigenvalue weighted by Gasteiger charge is 2.33. The molecule has 21 heavy (non-hydrogen) atoms. The average molecular weight is 291 g/mol. The van der Waals surface area contributed by atoms with E-state index in [0.29, 0.717) is 0 Å². The third-order valence-corrected chi connectivity index (χ3v) is 3.98. The highest BCUT2D eigenvalue weighted by atomic mass is 16.6. The first kappa shape index (κ1) is 15.4. The average Bonchev–Trinajstić information content (AvgIpc) is 2.41. The van der Waals surface area contributed by atoms with Crippen molar-refractivity contribution < 1.29 is 9.72 Å². The summed E-state index contributed by atoms with van der Waals surface area (Å²) in [6, 6.07) is 6.27. The quantitative estimate of drug-likeness (QED) is 0.652. The molecule has 0 saturated carbocycles. The first-order chi connectivity index (χ1) is 9.88. The molecule has 2 rings (SSSR count). The molecular formula is C15H21N3O3.